The number of hydrogen-bond donors (Lipinski definition) is 2. The van der Waals surface area contributed by atoms with Crippen LogP contribution in [0, 0.1) is 28.6 Å². The van der Waals surface area contributed by atoms with Crippen molar-refractivity contribution >= 4 is 11.6 Å². The number of benzene rings is 1. The van der Waals surface area contributed by atoms with Crippen LogP contribution in [0.5, 0.6) is 0 Å². The Balaban J connectivity index is 1.41. The van der Waals surface area contributed by atoms with Gasteiger partial charge in [-0.2, -0.15) is 0 Å². The van der Waals surface area contributed by atoms with Gasteiger partial charge in [0.05, 0.1) is 24.9 Å². The van der Waals surface area contributed by atoms with Crippen molar-refractivity contribution in [3.8, 4) is 0 Å². The molecule has 7 atom stereocenters. The summed E-state index contributed by atoms with van der Waals surface area (Å²) in [4.78, 5) is 0. The van der Waals surface area contributed by atoms with Crippen LogP contribution in [0.15, 0.2) is 35.9 Å². The standard InChI is InChI=1S/C27H37ClO3/c1-25-12-9-21(31-16-15-29)17-19(25)5-8-22-23(25)10-13-26(2)24(22)11-14-27(26,30)18-3-6-20(28)7-4-18/h3-4,6-7,17,21-24,29-30H,5,8-16H2,1-2H3/t21-,22+,23-,24-,25-,26-,27+/m0/s1. The Hall–Kier alpha value is -0.870. The zero-order valence-electron chi connectivity index (χ0n) is 18.9. The zero-order valence-corrected chi connectivity index (χ0v) is 19.7. The topological polar surface area (TPSA) is 49.7 Å². The highest BCUT2D eigenvalue weighted by Crippen LogP contribution is 2.69. The number of rotatable bonds is 4. The third kappa shape index (κ3) is 3.26. The average Bonchev–Trinajstić information content (AvgIpc) is 3.04. The molecule has 0 heterocycles. The Morgan fingerprint density at radius 3 is 2.48 bits per heavy atom. The monoisotopic (exact) mass is 444 g/mol. The molecule has 0 saturated heterocycles. The maximum absolute atomic E-state index is 12.0. The summed E-state index contributed by atoms with van der Waals surface area (Å²) in [5, 5.41) is 21.9. The largest absolute Gasteiger partial charge is 0.394 e. The van der Waals surface area contributed by atoms with Crippen molar-refractivity contribution in [3.05, 3.63) is 46.5 Å². The molecule has 0 radical (unpaired) electrons. The van der Waals surface area contributed by atoms with E-state index in [0.717, 1.165) is 42.7 Å². The zero-order chi connectivity index (χ0) is 21.9. The van der Waals surface area contributed by atoms with E-state index in [1.807, 2.05) is 24.3 Å². The third-order valence-corrected chi connectivity index (χ3v) is 10.2. The highest BCUT2D eigenvalue weighted by molar-refractivity contribution is 6.30. The van der Waals surface area contributed by atoms with Crippen molar-refractivity contribution in [3.63, 3.8) is 0 Å². The molecule has 3 fully saturated rings. The molecule has 5 rings (SSSR count). The van der Waals surface area contributed by atoms with Crippen molar-refractivity contribution in [2.24, 2.45) is 28.6 Å². The lowest BCUT2D eigenvalue weighted by Gasteiger charge is -2.59. The fourth-order valence-corrected chi connectivity index (χ4v) is 8.37. The van der Waals surface area contributed by atoms with Crippen molar-refractivity contribution in [2.75, 3.05) is 13.2 Å². The van der Waals surface area contributed by atoms with Crippen molar-refractivity contribution < 1.29 is 14.9 Å². The number of allylic oxidation sites excluding steroid dienone is 1. The molecule has 3 saturated carbocycles. The highest BCUT2D eigenvalue weighted by atomic mass is 35.5. The molecular weight excluding hydrogens is 408 g/mol. The van der Waals surface area contributed by atoms with E-state index >= 15 is 0 Å². The normalized spacial score (nSPS) is 44.2. The Labute approximate surface area is 191 Å². The van der Waals surface area contributed by atoms with E-state index in [1.54, 1.807) is 5.57 Å². The van der Waals surface area contributed by atoms with E-state index in [4.69, 9.17) is 21.4 Å². The smallest absolute Gasteiger partial charge is 0.0952 e. The molecule has 0 amide bonds. The molecule has 31 heavy (non-hydrogen) atoms. The lowest BCUT2D eigenvalue weighted by Crippen LogP contribution is -2.54. The molecule has 4 aliphatic carbocycles. The van der Waals surface area contributed by atoms with Gasteiger partial charge in [-0.25, -0.2) is 0 Å². The Bertz CT molecular complexity index is 851. The summed E-state index contributed by atoms with van der Waals surface area (Å²) in [5.74, 6) is 1.97. The molecule has 0 aromatic heterocycles. The summed E-state index contributed by atoms with van der Waals surface area (Å²) in [5.41, 5.74) is 2.09. The molecule has 0 bridgehead atoms. The molecule has 170 valence electrons. The first-order valence-electron chi connectivity index (χ1n) is 12.2. The van der Waals surface area contributed by atoms with Gasteiger partial charge in [0.1, 0.15) is 0 Å². The second-order valence-corrected chi connectivity index (χ2v) is 11.5. The van der Waals surface area contributed by atoms with Gasteiger partial charge in [0, 0.05) is 10.4 Å². The van der Waals surface area contributed by atoms with Crippen LogP contribution < -0.4 is 0 Å². The number of aliphatic hydroxyl groups excluding tert-OH is 1. The predicted molar refractivity (Wildman–Crippen MR) is 124 cm³/mol. The number of fused-ring (bicyclic) bond motifs is 5. The van der Waals surface area contributed by atoms with Crippen molar-refractivity contribution in [1.29, 1.82) is 0 Å². The summed E-state index contributed by atoms with van der Waals surface area (Å²) in [7, 11) is 0. The predicted octanol–water partition coefficient (Wildman–Crippen LogP) is 5.87. The molecule has 0 unspecified atom stereocenters. The second kappa shape index (κ2) is 7.87. The minimum atomic E-state index is -0.750. The molecule has 1 aromatic carbocycles. The molecule has 3 nitrogen and oxygen atoms in total. The SMILES string of the molecule is C[C@]12CC[C@H](OCCO)C=C1CC[C@@H]1[C@@H]2CC[C@@]2(C)[C@H]1CC[C@@]2(O)c1ccc(Cl)cc1. The average molecular weight is 445 g/mol. The summed E-state index contributed by atoms with van der Waals surface area (Å²) >= 11 is 6.14. The van der Waals surface area contributed by atoms with Gasteiger partial charge in [-0.05, 0) is 92.2 Å². The van der Waals surface area contributed by atoms with E-state index in [0.29, 0.717) is 24.4 Å². The summed E-state index contributed by atoms with van der Waals surface area (Å²) in [6.07, 6.45) is 11.4. The Kier molecular flexibility index (Phi) is 5.57. The molecule has 2 N–H and O–H groups in total. The van der Waals surface area contributed by atoms with Crippen LogP contribution in [-0.2, 0) is 10.3 Å². The van der Waals surface area contributed by atoms with Gasteiger partial charge in [-0.3, -0.25) is 0 Å². The fourth-order valence-electron chi connectivity index (χ4n) is 8.25. The van der Waals surface area contributed by atoms with E-state index < -0.39 is 5.60 Å². The number of hydrogen-bond acceptors (Lipinski definition) is 3. The minimum Gasteiger partial charge on any atom is -0.394 e. The van der Waals surface area contributed by atoms with Gasteiger partial charge in [-0.15, -0.1) is 0 Å². The molecule has 0 aliphatic heterocycles. The van der Waals surface area contributed by atoms with Gasteiger partial charge in [0.2, 0.25) is 0 Å². The first-order chi connectivity index (χ1) is 14.8. The number of halogens is 1. The van der Waals surface area contributed by atoms with Gasteiger partial charge < -0.3 is 14.9 Å². The first kappa shape index (κ1) is 21.9. The van der Waals surface area contributed by atoms with Crippen LogP contribution in [-0.4, -0.2) is 29.5 Å². The number of aliphatic hydroxyl groups is 2. The summed E-state index contributed by atoms with van der Waals surface area (Å²) < 4.78 is 5.86. The van der Waals surface area contributed by atoms with Crippen molar-refractivity contribution in [1.82, 2.24) is 0 Å². The molecule has 0 spiro atoms. The summed E-state index contributed by atoms with van der Waals surface area (Å²) in [6.45, 7) is 5.39. The van der Waals surface area contributed by atoms with Crippen LogP contribution in [0.2, 0.25) is 5.02 Å². The molecular formula is C27H37ClO3. The van der Waals surface area contributed by atoms with Gasteiger partial charge in [0.25, 0.3) is 0 Å². The Morgan fingerprint density at radius 1 is 1.00 bits per heavy atom. The molecule has 1 aromatic rings. The minimum absolute atomic E-state index is 0.0684. The van der Waals surface area contributed by atoms with Crippen LogP contribution in [0.4, 0.5) is 0 Å². The lowest BCUT2D eigenvalue weighted by molar-refractivity contribution is -0.133. The Morgan fingerprint density at radius 2 is 1.74 bits per heavy atom. The third-order valence-electron chi connectivity index (χ3n) is 9.97. The number of ether oxygens (including phenoxy) is 1. The first-order valence-corrected chi connectivity index (χ1v) is 12.6. The van der Waals surface area contributed by atoms with E-state index in [1.165, 1.54) is 19.3 Å². The second-order valence-electron chi connectivity index (χ2n) is 11.1. The van der Waals surface area contributed by atoms with Crippen molar-refractivity contribution in [2.45, 2.75) is 76.9 Å². The van der Waals surface area contributed by atoms with Crippen LogP contribution in [0.1, 0.15) is 70.8 Å². The van der Waals surface area contributed by atoms with E-state index in [2.05, 4.69) is 19.9 Å². The highest BCUT2D eigenvalue weighted by Gasteiger charge is 2.64. The summed E-state index contributed by atoms with van der Waals surface area (Å²) in [6, 6.07) is 7.93. The maximum Gasteiger partial charge on any atom is 0.0952 e. The van der Waals surface area contributed by atoms with E-state index in [-0.39, 0.29) is 23.5 Å². The van der Waals surface area contributed by atoms with Crippen LogP contribution >= 0.6 is 11.6 Å². The van der Waals surface area contributed by atoms with Gasteiger partial charge >= 0.3 is 0 Å². The molecule has 4 aliphatic rings. The molecule has 4 heteroatoms. The maximum atomic E-state index is 12.0. The van der Waals surface area contributed by atoms with Gasteiger partial charge in [0.15, 0.2) is 0 Å². The van der Waals surface area contributed by atoms with E-state index in [9.17, 15) is 5.11 Å². The lowest BCUT2D eigenvalue weighted by atomic mass is 9.46. The quantitative estimate of drug-likeness (QED) is 0.571. The van der Waals surface area contributed by atoms with Crippen LogP contribution in [0.25, 0.3) is 0 Å². The van der Waals surface area contributed by atoms with Gasteiger partial charge in [-0.1, -0.05) is 49.2 Å². The van der Waals surface area contributed by atoms with Crippen LogP contribution in [0.3, 0.4) is 0 Å². The fraction of sp³-hybridized carbons (Fsp3) is 0.704.